The second-order valence-corrected chi connectivity index (χ2v) is 6.10. The number of hydrogen-bond donors (Lipinski definition) is 2. The number of anilines is 1. The Morgan fingerprint density at radius 3 is 2.65 bits per heavy atom. The summed E-state index contributed by atoms with van der Waals surface area (Å²) in [5.74, 6) is 0.191. The lowest BCUT2D eigenvalue weighted by molar-refractivity contribution is 0.0615. The van der Waals surface area contributed by atoms with E-state index in [2.05, 4.69) is 17.2 Å². The van der Waals surface area contributed by atoms with E-state index in [1.54, 1.807) is 12.1 Å². The van der Waals surface area contributed by atoms with Crippen LogP contribution in [0.3, 0.4) is 0 Å². The number of rotatable bonds is 6. The Labute approximate surface area is 142 Å². The normalized spacial score (nSPS) is 16.3. The maximum Gasteiger partial charge on any atom is 0.269 e. The number of halogens is 1. The third-order valence-electron chi connectivity index (χ3n) is 4.02. The van der Waals surface area contributed by atoms with Gasteiger partial charge in [0.15, 0.2) is 0 Å². The van der Waals surface area contributed by atoms with Crippen LogP contribution < -0.4 is 15.9 Å². The maximum atomic E-state index is 12.5. The van der Waals surface area contributed by atoms with Crippen molar-refractivity contribution in [3.8, 4) is 5.75 Å². The van der Waals surface area contributed by atoms with Gasteiger partial charge in [0.25, 0.3) is 5.91 Å². The van der Waals surface area contributed by atoms with E-state index in [1.165, 1.54) is 20.0 Å². The third-order valence-corrected chi connectivity index (χ3v) is 4.35. The summed E-state index contributed by atoms with van der Waals surface area (Å²) in [7, 11) is 1.51. The Morgan fingerprint density at radius 1 is 1.35 bits per heavy atom. The minimum atomic E-state index is -0.231. The molecule has 0 spiro atoms. The van der Waals surface area contributed by atoms with Gasteiger partial charge in [0.2, 0.25) is 0 Å². The Hall–Kier alpha value is -1.50. The summed E-state index contributed by atoms with van der Waals surface area (Å²) in [6.45, 7) is 6.85. The number of benzene rings is 1. The second kappa shape index (κ2) is 8.38. The summed E-state index contributed by atoms with van der Waals surface area (Å²) in [6.07, 6.45) is 2.42. The SMILES string of the molecule is CCCCN1CCN(NC(=O)c2cc(Cl)c(N)cc2OC)CC1. The molecule has 0 aromatic heterocycles. The van der Waals surface area contributed by atoms with E-state index >= 15 is 0 Å². The van der Waals surface area contributed by atoms with E-state index in [4.69, 9.17) is 22.1 Å². The molecule has 0 bridgehead atoms. The number of carbonyl (C=O) groups is 1. The van der Waals surface area contributed by atoms with Gasteiger partial charge >= 0.3 is 0 Å². The molecule has 1 saturated heterocycles. The molecule has 7 heteroatoms. The predicted octanol–water partition coefficient (Wildman–Crippen LogP) is 1.99. The molecule has 1 fully saturated rings. The lowest BCUT2D eigenvalue weighted by Gasteiger charge is -2.34. The van der Waals surface area contributed by atoms with Crippen LogP contribution in [0, 0.1) is 0 Å². The van der Waals surface area contributed by atoms with Crippen LogP contribution in [0.15, 0.2) is 12.1 Å². The van der Waals surface area contributed by atoms with Crippen LogP contribution in [0.1, 0.15) is 30.1 Å². The van der Waals surface area contributed by atoms with Gasteiger partial charge in [-0.3, -0.25) is 10.2 Å². The molecule has 6 nitrogen and oxygen atoms in total. The fourth-order valence-corrected chi connectivity index (χ4v) is 2.75. The first-order chi connectivity index (χ1) is 11.0. The summed E-state index contributed by atoms with van der Waals surface area (Å²) in [5, 5.41) is 2.29. The standard InChI is InChI=1S/C16H25ClN4O2/c1-3-4-5-20-6-8-21(9-7-20)19-16(22)12-10-13(17)14(18)11-15(12)23-2/h10-11H,3-9,18H2,1-2H3,(H,19,22). The van der Waals surface area contributed by atoms with Crippen LogP contribution in [0.25, 0.3) is 0 Å². The number of nitrogens with zero attached hydrogens (tertiary/aromatic N) is 2. The summed E-state index contributed by atoms with van der Waals surface area (Å²) >= 11 is 6.02. The van der Waals surface area contributed by atoms with E-state index in [0.717, 1.165) is 32.7 Å². The number of nitrogen functional groups attached to an aromatic ring is 1. The highest BCUT2D eigenvalue weighted by Crippen LogP contribution is 2.28. The molecule has 1 aliphatic heterocycles. The fraction of sp³-hybridized carbons (Fsp3) is 0.562. The van der Waals surface area contributed by atoms with Crippen LogP contribution in [-0.4, -0.2) is 55.6 Å². The highest BCUT2D eigenvalue weighted by molar-refractivity contribution is 6.33. The van der Waals surface area contributed by atoms with Crippen molar-refractivity contribution in [3.05, 3.63) is 22.7 Å². The average molecular weight is 341 g/mol. The number of ether oxygens (including phenoxy) is 1. The molecule has 0 aliphatic carbocycles. The summed E-state index contributed by atoms with van der Waals surface area (Å²) < 4.78 is 5.23. The minimum Gasteiger partial charge on any atom is -0.496 e. The number of carbonyl (C=O) groups excluding carboxylic acids is 1. The van der Waals surface area contributed by atoms with E-state index in [0.29, 0.717) is 22.0 Å². The molecule has 128 valence electrons. The number of methoxy groups -OCH3 is 1. The summed E-state index contributed by atoms with van der Waals surface area (Å²) in [5.41, 5.74) is 9.45. The Morgan fingerprint density at radius 2 is 2.04 bits per heavy atom. The molecule has 1 aromatic carbocycles. The molecule has 1 heterocycles. The lowest BCUT2D eigenvalue weighted by atomic mass is 10.1. The number of nitrogens with one attached hydrogen (secondary N) is 1. The molecule has 0 atom stereocenters. The van der Waals surface area contributed by atoms with Gasteiger partial charge in [-0.1, -0.05) is 24.9 Å². The van der Waals surface area contributed by atoms with Crippen LogP contribution in [0.5, 0.6) is 5.75 Å². The van der Waals surface area contributed by atoms with E-state index in [-0.39, 0.29) is 5.91 Å². The van der Waals surface area contributed by atoms with Gasteiger partial charge < -0.3 is 15.4 Å². The molecule has 0 saturated carbocycles. The number of unbranched alkanes of at least 4 members (excludes halogenated alkanes) is 1. The first-order valence-corrected chi connectivity index (χ1v) is 8.34. The zero-order valence-corrected chi connectivity index (χ0v) is 14.5. The van der Waals surface area contributed by atoms with Crippen LogP contribution in [0.2, 0.25) is 5.02 Å². The van der Waals surface area contributed by atoms with Gasteiger partial charge in [0, 0.05) is 32.2 Å². The van der Waals surface area contributed by atoms with Gasteiger partial charge in [-0.05, 0) is 19.0 Å². The van der Waals surface area contributed by atoms with E-state index in [9.17, 15) is 4.79 Å². The smallest absolute Gasteiger partial charge is 0.269 e. The van der Waals surface area contributed by atoms with Crippen molar-refractivity contribution < 1.29 is 9.53 Å². The molecule has 1 aromatic rings. The molecule has 1 aliphatic rings. The van der Waals surface area contributed by atoms with Crippen LogP contribution in [-0.2, 0) is 0 Å². The number of amides is 1. The van der Waals surface area contributed by atoms with Gasteiger partial charge in [-0.25, -0.2) is 5.01 Å². The highest BCUT2D eigenvalue weighted by atomic mass is 35.5. The average Bonchev–Trinajstić information content (AvgIpc) is 2.56. The van der Waals surface area contributed by atoms with Crippen molar-refractivity contribution in [2.75, 3.05) is 45.6 Å². The molecule has 3 N–H and O–H groups in total. The molecule has 2 rings (SSSR count). The molecule has 1 amide bonds. The molecular formula is C16H25ClN4O2. The Bertz CT molecular complexity index is 545. The van der Waals surface area contributed by atoms with Crippen molar-refractivity contribution in [3.63, 3.8) is 0 Å². The van der Waals surface area contributed by atoms with Gasteiger partial charge in [0.1, 0.15) is 5.75 Å². The first-order valence-electron chi connectivity index (χ1n) is 7.96. The zero-order chi connectivity index (χ0) is 16.8. The third kappa shape index (κ3) is 4.73. The molecular weight excluding hydrogens is 316 g/mol. The second-order valence-electron chi connectivity index (χ2n) is 5.70. The first kappa shape index (κ1) is 17.8. The quantitative estimate of drug-likeness (QED) is 0.775. The maximum absolute atomic E-state index is 12.5. The summed E-state index contributed by atoms with van der Waals surface area (Å²) in [6, 6.07) is 3.11. The monoisotopic (exact) mass is 340 g/mol. The van der Waals surface area contributed by atoms with E-state index in [1.807, 2.05) is 5.01 Å². The minimum absolute atomic E-state index is 0.231. The Kier molecular flexibility index (Phi) is 6.50. The predicted molar refractivity (Wildman–Crippen MR) is 92.8 cm³/mol. The van der Waals surface area contributed by atoms with Crippen molar-refractivity contribution in [1.82, 2.24) is 15.3 Å². The van der Waals surface area contributed by atoms with E-state index < -0.39 is 0 Å². The molecule has 23 heavy (non-hydrogen) atoms. The Balaban J connectivity index is 1.94. The van der Waals surface area contributed by atoms with Crippen LogP contribution >= 0.6 is 11.6 Å². The van der Waals surface area contributed by atoms with Gasteiger partial charge in [-0.15, -0.1) is 0 Å². The van der Waals surface area contributed by atoms with Gasteiger partial charge in [-0.2, -0.15) is 0 Å². The molecule has 0 radical (unpaired) electrons. The van der Waals surface area contributed by atoms with Crippen molar-refractivity contribution in [1.29, 1.82) is 0 Å². The van der Waals surface area contributed by atoms with Gasteiger partial charge in [0.05, 0.1) is 23.4 Å². The van der Waals surface area contributed by atoms with Crippen molar-refractivity contribution >= 4 is 23.2 Å². The largest absolute Gasteiger partial charge is 0.496 e. The fourth-order valence-electron chi connectivity index (χ4n) is 2.58. The number of piperazine rings is 1. The zero-order valence-electron chi connectivity index (χ0n) is 13.8. The van der Waals surface area contributed by atoms with Crippen molar-refractivity contribution in [2.45, 2.75) is 19.8 Å². The topological polar surface area (TPSA) is 70.8 Å². The number of hydrazine groups is 1. The lowest BCUT2D eigenvalue weighted by Crippen LogP contribution is -2.53. The van der Waals surface area contributed by atoms with Crippen LogP contribution in [0.4, 0.5) is 5.69 Å². The molecule has 0 unspecified atom stereocenters. The van der Waals surface area contributed by atoms with Crippen molar-refractivity contribution in [2.24, 2.45) is 0 Å². The summed E-state index contributed by atoms with van der Waals surface area (Å²) in [4.78, 5) is 14.9. The highest BCUT2D eigenvalue weighted by Gasteiger charge is 2.21. The number of nitrogens with two attached hydrogens (primary N) is 1. The number of hydrogen-bond acceptors (Lipinski definition) is 5.